The van der Waals surface area contributed by atoms with Crippen LogP contribution in [0.2, 0.25) is 0 Å². The molecule has 0 fully saturated rings. The molecule has 3 N–H and O–H groups in total. The number of nitrogens with two attached hydrogens (primary N) is 1. The van der Waals surface area contributed by atoms with Crippen LogP contribution >= 0.6 is 0 Å². The number of nitrogens with one attached hydrogen (secondary N) is 1. The van der Waals surface area contributed by atoms with E-state index in [0.717, 1.165) is 0 Å². The number of aromatic carboxylic acids is 1. The van der Waals surface area contributed by atoms with Crippen molar-refractivity contribution in [1.29, 1.82) is 0 Å². The summed E-state index contributed by atoms with van der Waals surface area (Å²) in [6, 6.07) is 12.3. The maximum atomic E-state index is 11.9. The molecule has 0 unspecified atom stereocenters. The van der Waals surface area contributed by atoms with Crippen molar-refractivity contribution in [1.82, 2.24) is 0 Å². The van der Waals surface area contributed by atoms with Crippen LogP contribution in [0.5, 0.6) is 0 Å². The molecule has 2 aromatic carbocycles. The molecule has 0 aliphatic heterocycles. The lowest BCUT2D eigenvalue weighted by Gasteiger charge is -2.07. The van der Waals surface area contributed by atoms with E-state index in [1.165, 1.54) is 24.3 Å². The molecule has 96 valence electrons. The van der Waals surface area contributed by atoms with Gasteiger partial charge >= 0.3 is 0 Å². The highest BCUT2D eigenvalue weighted by atomic mass is 16.4. The van der Waals surface area contributed by atoms with Gasteiger partial charge in [-0.1, -0.05) is 18.2 Å². The first-order valence-electron chi connectivity index (χ1n) is 5.54. The van der Waals surface area contributed by atoms with Crippen molar-refractivity contribution in [2.45, 2.75) is 0 Å². The maximum Gasteiger partial charge on any atom is 0.255 e. The van der Waals surface area contributed by atoms with E-state index in [0.29, 0.717) is 16.9 Å². The summed E-state index contributed by atoms with van der Waals surface area (Å²) in [5.41, 5.74) is 7.08. The van der Waals surface area contributed by atoms with Gasteiger partial charge in [0.25, 0.3) is 5.91 Å². The monoisotopic (exact) mass is 255 g/mol. The molecule has 5 nitrogen and oxygen atoms in total. The summed E-state index contributed by atoms with van der Waals surface area (Å²) in [5, 5.41) is 13.2. The minimum absolute atomic E-state index is 0.0574. The van der Waals surface area contributed by atoms with Crippen molar-refractivity contribution in [2.75, 3.05) is 11.1 Å². The summed E-state index contributed by atoms with van der Waals surface area (Å²) in [4.78, 5) is 22.5. The number of anilines is 2. The zero-order valence-corrected chi connectivity index (χ0v) is 9.92. The Bertz CT molecular complexity index is 621. The summed E-state index contributed by atoms with van der Waals surface area (Å²) in [7, 11) is 0. The van der Waals surface area contributed by atoms with E-state index in [1.54, 1.807) is 24.3 Å². The molecule has 0 radical (unpaired) electrons. The smallest absolute Gasteiger partial charge is 0.255 e. The Kier molecular flexibility index (Phi) is 3.47. The summed E-state index contributed by atoms with van der Waals surface area (Å²) < 4.78 is 0. The van der Waals surface area contributed by atoms with Crippen molar-refractivity contribution < 1.29 is 14.7 Å². The summed E-state index contributed by atoms with van der Waals surface area (Å²) in [6.07, 6.45) is 0. The van der Waals surface area contributed by atoms with Crippen molar-refractivity contribution >= 4 is 23.3 Å². The van der Waals surface area contributed by atoms with Crippen LogP contribution in [0.25, 0.3) is 0 Å². The van der Waals surface area contributed by atoms with Gasteiger partial charge in [-0.05, 0) is 35.9 Å². The molecule has 0 atom stereocenters. The second kappa shape index (κ2) is 5.22. The Morgan fingerprint density at radius 2 is 1.68 bits per heavy atom. The second-order valence-corrected chi connectivity index (χ2v) is 3.94. The Morgan fingerprint density at radius 1 is 1.00 bits per heavy atom. The lowest BCUT2D eigenvalue weighted by molar-refractivity contribution is -0.255. The van der Waals surface area contributed by atoms with Crippen molar-refractivity contribution in [3.05, 3.63) is 59.7 Å². The van der Waals surface area contributed by atoms with Gasteiger partial charge < -0.3 is 21.0 Å². The van der Waals surface area contributed by atoms with Crippen LogP contribution in [-0.4, -0.2) is 11.9 Å². The Hall–Kier alpha value is -2.82. The van der Waals surface area contributed by atoms with Crippen molar-refractivity contribution in [3.63, 3.8) is 0 Å². The standard InChI is InChI=1S/C14H12N2O3/c15-11-3-1-2-10(8-11)13(17)16-12-6-4-9(5-7-12)14(18)19/h1-8H,15H2,(H,16,17)(H,18,19)/p-1. The van der Waals surface area contributed by atoms with E-state index in [4.69, 9.17) is 5.73 Å². The number of carbonyl (C=O) groups is 2. The molecule has 0 saturated carbocycles. The first kappa shape index (κ1) is 12.6. The highest BCUT2D eigenvalue weighted by molar-refractivity contribution is 6.04. The molecular formula is C14H11N2O3-. The molecule has 2 aromatic rings. The fourth-order valence-corrected chi connectivity index (χ4v) is 1.57. The average molecular weight is 255 g/mol. The number of carboxylic acids is 1. The van der Waals surface area contributed by atoms with E-state index >= 15 is 0 Å². The molecule has 2 rings (SSSR count). The first-order chi connectivity index (χ1) is 9.06. The van der Waals surface area contributed by atoms with E-state index in [1.807, 2.05) is 0 Å². The molecule has 1 amide bonds. The van der Waals surface area contributed by atoms with Gasteiger partial charge in [0.15, 0.2) is 0 Å². The topological polar surface area (TPSA) is 95.2 Å². The average Bonchev–Trinajstić information content (AvgIpc) is 2.39. The second-order valence-electron chi connectivity index (χ2n) is 3.94. The number of carbonyl (C=O) groups excluding carboxylic acids is 2. The molecule has 0 saturated heterocycles. The van der Waals surface area contributed by atoms with Crippen molar-refractivity contribution in [2.24, 2.45) is 0 Å². The van der Waals surface area contributed by atoms with E-state index < -0.39 is 5.97 Å². The van der Waals surface area contributed by atoms with Crippen LogP contribution in [0.3, 0.4) is 0 Å². The molecule has 0 aliphatic rings. The number of rotatable bonds is 3. The summed E-state index contributed by atoms with van der Waals surface area (Å²) in [6.45, 7) is 0. The lowest BCUT2D eigenvalue weighted by Crippen LogP contribution is -2.22. The molecular weight excluding hydrogens is 244 g/mol. The van der Waals surface area contributed by atoms with E-state index in [2.05, 4.69) is 5.32 Å². The van der Waals surface area contributed by atoms with Crippen LogP contribution in [0, 0.1) is 0 Å². The third-order valence-electron chi connectivity index (χ3n) is 2.53. The number of hydrogen-bond donors (Lipinski definition) is 2. The van der Waals surface area contributed by atoms with Gasteiger partial charge in [0.05, 0.1) is 5.97 Å². The van der Waals surface area contributed by atoms with E-state index in [-0.39, 0.29) is 11.5 Å². The molecule has 0 aromatic heterocycles. The predicted octanol–water partition coefficient (Wildman–Crippen LogP) is 0.885. The number of benzene rings is 2. The lowest BCUT2D eigenvalue weighted by atomic mass is 10.1. The van der Waals surface area contributed by atoms with Gasteiger partial charge in [0.2, 0.25) is 0 Å². The highest BCUT2D eigenvalue weighted by Gasteiger charge is 2.06. The molecule has 0 heterocycles. The van der Waals surface area contributed by atoms with Gasteiger partial charge in [-0.3, -0.25) is 4.79 Å². The van der Waals surface area contributed by atoms with Crippen LogP contribution in [0.1, 0.15) is 20.7 Å². The van der Waals surface area contributed by atoms with Gasteiger partial charge in [-0.25, -0.2) is 0 Å². The highest BCUT2D eigenvalue weighted by Crippen LogP contribution is 2.12. The van der Waals surface area contributed by atoms with Crippen LogP contribution in [-0.2, 0) is 0 Å². The Labute approximate surface area is 109 Å². The third kappa shape index (κ3) is 3.10. The minimum atomic E-state index is -1.26. The molecule has 19 heavy (non-hydrogen) atoms. The number of carboxylic acid groups (broad SMARTS) is 1. The first-order valence-corrected chi connectivity index (χ1v) is 5.54. The van der Waals surface area contributed by atoms with Gasteiger partial charge in [-0.15, -0.1) is 0 Å². The zero-order chi connectivity index (χ0) is 13.8. The van der Waals surface area contributed by atoms with Gasteiger partial charge in [0, 0.05) is 16.9 Å². The van der Waals surface area contributed by atoms with E-state index in [9.17, 15) is 14.7 Å². The van der Waals surface area contributed by atoms with Crippen LogP contribution in [0.4, 0.5) is 11.4 Å². The normalized spacial score (nSPS) is 9.89. The van der Waals surface area contributed by atoms with Crippen LogP contribution < -0.4 is 16.2 Å². The number of amides is 1. The van der Waals surface area contributed by atoms with Gasteiger partial charge in [0.1, 0.15) is 0 Å². The molecule has 0 bridgehead atoms. The fourth-order valence-electron chi connectivity index (χ4n) is 1.57. The van der Waals surface area contributed by atoms with Gasteiger partial charge in [-0.2, -0.15) is 0 Å². The Morgan fingerprint density at radius 3 is 2.26 bits per heavy atom. The summed E-state index contributed by atoms with van der Waals surface area (Å²) >= 11 is 0. The summed E-state index contributed by atoms with van der Waals surface area (Å²) in [5.74, 6) is -1.57. The predicted molar refractivity (Wildman–Crippen MR) is 69.6 cm³/mol. The molecule has 0 spiro atoms. The maximum absolute atomic E-state index is 11.9. The third-order valence-corrected chi connectivity index (χ3v) is 2.53. The molecule has 5 heteroatoms. The quantitative estimate of drug-likeness (QED) is 0.796. The fraction of sp³-hybridized carbons (Fsp3) is 0. The zero-order valence-electron chi connectivity index (χ0n) is 9.92. The van der Waals surface area contributed by atoms with Crippen LogP contribution in [0.15, 0.2) is 48.5 Å². The molecule has 0 aliphatic carbocycles. The largest absolute Gasteiger partial charge is 0.545 e. The SMILES string of the molecule is Nc1cccc(C(=O)Nc2ccc(C(=O)[O-])cc2)c1. The minimum Gasteiger partial charge on any atom is -0.545 e. The Balaban J connectivity index is 2.13. The van der Waals surface area contributed by atoms with Crippen molar-refractivity contribution in [3.8, 4) is 0 Å². The number of nitrogen functional groups attached to an aromatic ring is 1. The number of hydrogen-bond acceptors (Lipinski definition) is 4.